The minimum Gasteiger partial charge on any atom is -0.488 e. The van der Waals surface area contributed by atoms with Crippen molar-refractivity contribution in [1.82, 2.24) is 0 Å². The highest BCUT2D eigenvalue weighted by Crippen LogP contribution is 2.38. The SMILES string of the molecule is CN=C(c1ccccc1)c1cccc(C)c1Pc1cc(C(C)(C)C)cc(C(C)(C)C)c1OCc1ccccc1. The summed E-state index contributed by atoms with van der Waals surface area (Å²) in [5, 5.41) is 2.57. The third-order valence-electron chi connectivity index (χ3n) is 7.05. The molecule has 0 heterocycles. The van der Waals surface area contributed by atoms with Gasteiger partial charge in [-0.2, -0.15) is 0 Å². The summed E-state index contributed by atoms with van der Waals surface area (Å²) >= 11 is 0. The quantitative estimate of drug-likeness (QED) is 0.172. The van der Waals surface area contributed by atoms with E-state index >= 15 is 0 Å². The summed E-state index contributed by atoms with van der Waals surface area (Å²) in [6, 6.07) is 32.3. The molecule has 202 valence electrons. The monoisotopic (exact) mass is 535 g/mol. The van der Waals surface area contributed by atoms with Crippen LogP contribution < -0.4 is 15.3 Å². The molecule has 0 aliphatic carbocycles. The summed E-state index contributed by atoms with van der Waals surface area (Å²) in [7, 11) is 2.32. The molecule has 0 fully saturated rings. The number of rotatable bonds is 7. The predicted molar refractivity (Wildman–Crippen MR) is 171 cm³/mol. The molecular formula is C36H42NOP. The van der Waals surface area contributed by atoms with E-state index in [2.05, 4.69) is 133 Å². The molecule has 4 aromatic carbocycles. The van der Waals surface area contributed by atoms with Crippen LogP contribution in [0.1, 0.15) is 74.9 Å². The molecule has 0 aliphatic heterocycles. The Morgan fingerprint density at radius 3 is 2.00 bits per heavy atom. The number of ether oxygens (including phenoxy) is 1. The lowest BCUT2D eigenvalue weighted by Crippen LogP contribution is -2.24. The van der Waals surface area contributed by atoms with Crippen LogP contribution in [-0.2, 0) is 17.4 Å². The van der Waals surface area contributed by atoms with Gasteiger partial charge in [0.1, 0.15) is 12.4 Å². The zero-order valence-electron chi connectivity index (χ0n) is 24.7. The third kappa shape index (κ3) is 6.87. The fourth-order valence-corrected chi connectivity index (χ4v) is 6.20. The topological polar surface area (TPSA) is 21.6 Å². The lowest BCUT2D eigenvalue weighted by atomic mass is 9.80. The molecule has 1 unspecified atom stereocenters. The zero-order valence-corrected chi connectivity index (χ0v) is 25.7. The molecule has 0 aromatic heterocycles. The van der Waals surface area contributed by atoms with Crippen molar-refractivity contribution in [3.63, 3.8) is 0 Å². The van der Waals surface area contributed by atoms with E-state index in [-0.39, 0.29) is 10.8 Å². The van der Waals surface area contributed by atoms with Crippen molar-refractivity contribution in [2.45, 2.75) is 65.9 Å². The second-order valence-electron chi connectivity index (χ2n) is 12.2. The maximum atomic E-state index is 6.75. The fourth-order valence-electron chi connectivity index (χ4n) is 4.76. The van der Waals surface area contributed by atoms with Crippen molar-refractivity contribution in [1.29, 1.82) is 0 Å². The van der Waals surface area contributed by atoms with Gasteiger partial charge in [-0.05, 0) is 45.8 Å². The lowest BCUT2D eigenvalue weighted by molar-refractivity contribution is 0.300. The molecule has 0 radical (unpaired) electrons. The molecule has 0 bridgehead atoms. The van der Waals surface area contributed by atoms with Gasteiger partial charge in [0.15, 0.2) is 0 Å². The maximum absolute atomic E-state index is 6.75. The van der Waals surface area contributed by atoms with Crippen molar-refractivity contribution in [3.8, 4) is 5.75 Å². The van der Waals surface area contributed by atoms with E-state index in [9.17, 15) is 0 Å². The van der Waals surface area contributed by atoms with Crippen LogP contribution in [0.4, 0.5) is 0 Å². The van der Waals surface area contributed by atoms with E-state index in [1.165, 1.54) is 38.4 Å². The van der Waals surface area contributed by atoms with Gasteiger partial charge in [-0.1, -0.05) is 135 Å². The van der Waals surface area contributed by atoms with Gasteiger partial charge in [0.25, 0.3) is 0 Å². The van der Waals surface area contributed by atoms with Crippen LogP contribution in [0.2, 0.25) is 0 Å². The molecule has 0 amide bonds. The molecule has 0 N–H and O–H groups in total. The highest BCUT2D eigenvalue weighted by atomic mass is 31.1. The van der Waals surface area contributed by atoms with Gasteiger partial charge >= 0.3 is 0 Å². The van der Waals surface area contributed by atoms with Gasteiger partial charge in [0.2, 0.25) is 0 Å². The Labute approximate surface area is 237 Å². The average molecular weight is 536 g/mol. The summed E-state index contributed by atoms with van der Waals surface area (Å²) in [5.74, 6) is 1.02. The van der Waals surface area contributed by atoms with Crippen molar-refractivity contribution < 1.29 is 4.74 Å². The Morgan fingerprint density at radius 2 is 1.41 bits per heavy atom. The Morgan fingerprint density at radius 1 is 0.769 bits per heavy atom. The first kappa shape index (κ1) is 28.8. The minimum absolute atomic E-state index is 0.0197. The van der Waals surface area contributed by atoms with Crippen molar-refractivity contribution in [2.24, 2.45) is 4.99 Å². The molecule has 3 heteroatoms. The number of benzene rings is 4. The first-order chi connectivity index (χ1) is 18.5. The number of nitrogens with zero attached hydrogens (tertiary/aromatic N) is 1. The second kappa shape index (κ2) is 11.9. The van der Waals surface area contributed by atoms with Gasteiger partial charge in [0, 0.05) is 29.0 Å². The highest BCUT2D eigenvalue weighted by molar-refractivity contribution is 7.56. The van der Waals surface area contributed by atoms with Gasteiger partial charge in [-0.3, -0.25) is 4.99 Å². The molecule has 4 rings (SSSR count). The van der Waals surface area contributed by atoms with Crippen LogP contribution in [0.15, 0.2) is 96.0 Å². The number of aryl methyl sites for hydroxylation is 1. The van der Waals surface area contributed by atoms with Crippen LogP contribution in [0, 0.1) is 6.92 Å². The number of aliphatic imine (C=N–C) groups is 1. The number of hydrogen-bond donors (Lipinski definition) is 0. The van der Waals surface area contributed by atoms with Gasteiger partial charge < -0.3 is 4.74 Å². The lowest BCUT2D eigenvalue weighted by Gasteiger charge is -2.30. The summed E-state index contributed by atoms with van der Waals surface area (Å²) in [6.45, 7) is 16.5. The van der Waals surface area contributed by atoms with E-state index in [1.54, 1.807) is 0 Å². The van der Waals surface area contributed by atoms with Gasteiger partial charge in [-0.15, -0.1) is 0 Å². The van der Waals surface area contributed by atoms with E-state index in [0.717, 1.165) is 17.0 Å². The summed E-state index contributed by atoms with van der Waals surface area (Å²) in [5.41, 5.74) is 8.35. The Hall–Kier alpha value is -3.22. The first-order valence-corrected chi connectivity index (χ1v) is 14.7. The maximum Gasteiger partial charge on any atom is 0.131 e. The van der Waals surface area contributed by atoms with E-state index in [0.29, 0.717) is 15.2 Å². The molecule has 1 atom stereocenters. The van der Waals surface area contributed by atoms with Gasteiger partial charge in [0.05, 0.1) is 5.71 Å². The molecule has 0 saturated heterocycles. The standard InChI is InChI=1S/C36H42NOP/c1-25-16-15-21-29(32(37-8)27-19-13-10-14-20-27)34(25)39-31-23-28(35(2,3)4)22-30(36(5,6)7)33(31)38-24-26-17-11-9-12-18-26/h9-23,39H,24H2,1-8H3. The highest BCUT2D eigenvalue weighted by Gasteiger charge is 2.27. The van der Waals surface area contributed by atoms with Crippen LogP contribution in [0.5, 0.6) is 5.75 Å². The molecule has 0 aliphatic rings. The Kier molecular flexibility index (Phi) is 8.77. The van der Waals surface area contributed by atoms with Crippen molar-refractivity contribution in [2.75, 3.05) is 7.05 Å². The molecule has 39 heavy (non-hydrogen) atoms. The predicted octanol–water partition coefficient (Wildman–Crippen LogP) is 8.27. The van der Waals surface area contributed by atoms with Crippen molar-refractivity contribution in [3.05, 3.63) is 124 Å². The zero-order chi connectivity index (χ0) is 28.2. The van der Waals surface area contributed by atoms with Gasteiger partial charge in [-0.25, -0.2) is 0 Å². The Balaban J connectivity index is 1.90. The third-order valence-corrected chi connectivity index (χ3v) is 8.60. The molecule has 2 nitrogen and oxygen atoms in total. The van der Waals surface area contributed by atoms with Crippen LogP contribution in [-0.4, -0.2) is 12.8 Å². The van der Waals surface area contributed by atoms with Crippen LogP contribution >= 0.6 is 8.58 Å². The number of hydrogen-bond acceptors (Lipinski definition) is 2. The molecule has 4 aromatic rings. The molecular weight excluding hydrogens is 493 g/mol. The summed E-state index contributed by atoms with van der Waals surface area (Å²) < 4.78 is 6.75. The summed E-state index contributed by atoms with van der Waals surface area (Å²) in [6.07, 6.45) is 0. The Bertz CT molecular complexity index is 1440. The molecule has 0 saturated carbocycles. The van der Waals surface area contributed by atoms with Crippen LogP contribution in [0.25, 0.3) is 0 Å². The minimum atomic E-state index is -0.0683. The second-order valence-corrected chi connectivity index (χ2v) is 13.5. The van der Waals surface area contributed by atoms with Crippen LogP contribution in [0.3, 0.4) is 0 Å². The van der Waals surface area contributed by atoms with E-state index in [4.69, 9.17) is 9.73 Å². The average Bonchev–Trinajstić information content (AvgIpc) is 2.90. The van der Waals surface area contributed by atoms with E-state index < -0.39 is 0 Å². The van der Waals surface area contributed by atoms with E-state index in [1.807, 2.05) is 13.1 Å². The van der Waals surface area contributed by atoms with Crippen molar-refractivity contribution >= 4 is 24.9 Å². The largest absolute Gasteiger partial charge is 0.488 e. The first-order valence-electron chi connectivity index (χ1n) is 13.7. The fraction of sp³-hybridized carbons (Fsp3) is 0.306. The summed E-state index contributed by atoms with van der Waals surface area (Å²) in [4.78, 5) is 4.77. The normalized spacial score (nSPS) is 12.8. The molecule has 0 spiro atoms. The smallest absolute Gasteiger partial charge is 0.131 e.